The van der Waals surface area contributed by atoms with Gasteiger partial charge in [-0.05, 0) is 64.5 Å². The average molecular weight is 494 g/mol. The summed E-state index contributed by atoms with van der Waals surface area (Å²) in [5.74, 6) is 2.52. The van der Waals surface area contributed by atoms with E-state index < -0.39 is 0 Å². The Kier molecular flexibility index (Phi) is 11.5. The summed E-state index contributed by atoms with van der Waals surface area (Å²) >= 11 is 0. The first-order chi connectivity index (χ1) is 12.4. The second-order valence-electron chi connectivity index (χ2n) is 9.03. The van der Waals surface area contributed by atoms with Gasteiger partial charge in [0.2, 0.25) is 0 Å². The van der Waals surface area contributed by atoms with Crippen molar-refractivity contribution in [2.24, 2.45) is 16.8 Å². The van der Waals surface area contributed by atoms with Crippen LogP contribution in [-0.4, -0.2) is 73.7 Å². The maximum absolute atomic E-state index is 4.49. The summed E-state index contributed by atoms with van der Waals surface area (Å²) in [6.45, 7) is 17.5. The van der Waals surface area contributed by atoms with Crippen LogP contribution < -0.4 is 10.6 Å². The Bertz CT molecular complexity index is 424. The number of nitrogens with one attached hydrogen (secondary N) is 2. The van der Waals surface area contributed by atoms with Gasteiger partial charge in [0.1, 0.15) is 0 Å². The van der Waals surface area contributed by atoms with Gasteiger partial charge in [0.05, 0.1) is 0 Å². The maximum Gasteiger partial charge on any atom is 0.191 e. The predicted octanol–water partition coefficient (Wildman–Crippen LogP) is 3.40. The molecule has 0 aliphatic carbocycles. The summed E-state index contributed by atoms with van der Waals surface area (Å²) in [6.07, 6.45) is 5.09. The highest BCUT2D eigenvalue weighted by Gasteiger charge is 2.26. The SMILES string of the molecule is CN=C(NCC(C(C)C)N1CCC(C)CC1)NC1CCN(C(C)C)CC1.I. The lowest BCUT2D eigenvalue weighted by Crippen LogP contribution is -2.54. The Morgan fingerprint density at radius 2 is 1.52 bits per heavy atom. The number of nitrogens with zero attached hydrogens (tertiary/aromatic N) is 3. The van der Waals surface area contributed by atoms with Gasteiger partial charge in [-0.25, -0.2) is 0 Å². The second kappa shape index (κ2) is 12.5. The summed E-state index contributed by atoms with van der Waals surface area (Å²) in [5.41, 5.74) is 0. The fourth-order valence-electron chi connectivity index (χ4n) is 4.30. The van der Waals surface area contributed by atoms with Crippen LogP contribution in [-0.2, 0) is 0 Å². The van der Waals surface area contributed by atoms with Crippen LogP contribution in [0.4, 0.5) is 0 Å². The first kappa shape index (κ1) is 25.0. The number of likely N-dealkylation sites (tertiary alicyclic amines) is 2. The molecule has 0 spiro atoms. The van der Waals surface area contributed by atoms with Crippen LogP contribution in [0.2, 0.25) is 0 Å². The van der Waals surface area contributed by atoms with E-state index in [2.05, 4.69) is 60.0 Å². The predicted molar refractivity (Wildman–Crippen MR) is 128 cm³/mol. The van der Waals surface area contributed by atoms with Crippen LogP contribution >= 0.6 is 24.0 Å². The van der Waals surface area contributed by atoms with Crippen molar-refractivity contribution in [1.29, 1.82) is 0 Å². The molecule has 27 heavy (non-hydrogen) atoms. The van der Waals surface area contributed by atoms with E-state index in [-0.39, 0.29) is 24.0 Å². The molecular weight excluding hydrogens is 449 g/mol. The van der Waals surface area contributed by atoms with Gasteiger partial charge in [0.15, 0.2) is 5.96 Å². The van der Waals surface area contributed by atoms with Gasteiger partial charge in [0.25, 0.3) is 0 Å². The van der Waals surface area contributed by atoms with Crippen molar-refractivity contribution < 1.29 is 0 Å². The fraction of sp³-hybridized carbons (Fsp3) is 0.952. The Balaban J connectivity index is 0.00000364. The Morgan fingerprint density at radius 3 is 2.00 bits per heavy atom. The second-order valence-corrected chi connectivity index (χ2v) is 9.03. The molecule has 6 heteroatoms. The molecule has 2 N–H and O–H groups in total. The summed E-state index contributed by atoms with van der Waals surface area (Å²) in [7, 11) is 1.89. The molecule has 2 rings (SSSR count). The van der Waals surface area contributed by atoms with Gasteiger partial charge in [-0.15, -0.1) is 24.0 Å². The maximum atomic E-state index is 4.49. The van der Waals surface area contributed by atoms with Crippen LogP contribution in [0, 0.1) is 11.8 Å². The molecule has 2 fully saturated rings. The number of halogens is 1. The van der Waals surface area contributed by atoms with Gasteiger partial charge in [-0.2, -0.15) is 0 Å². The van der Waals surface area contributed by atoms with Crippen molar-refractivity contribution >= 4 is 29.9 Å². The summed E-state index contributed by atoms with van der Waals surface area (Å²) in [5, 5.41) is 7.29. The molecule has 0 radical (unpaired) electrons. The highest BCUT2D eigenvalue weighted by atomic mass is 127. The van der Waals surface area contributed by atoms with E-state index in [0.717, 1.165) is 18.4 Å². The molecule has 0 aromatic rings. The number of hydrogen-bond acceptors (Lipinski definition) is 3. The molecule has 2 saturated heterocycles. The third kappa shape index (κ3) is 8.05. The molecule has 0 aromatic heterocycles. The average Bonchev–Trinajstić information content (AvgIpc) is 2.62. The lowest BCUT2D eigenvalue weighted by Gasteiger charge is -2.39. The highest BCUT2D eigenvalue weighted by Crippen LogP contribution is 2.21. The first-order valence-corrected chi connectivity index (χ1v) is 10.9. The monoisotopic (exact) mass is 493 g/mol. The van der Waals surface area contributed by atoms with Crippen LogP contribution in [0.15, 0.2) is 4.99 Å². The van der Waals surface area contributed by atoms with Gasteiger partial charge in [-0.1, -0.05) is 20.8 Å². The Labute approximate surface area is 185 Å². The molecule has 0 amide bonds. The lowest BCUT2D eigenvalue weighted by atomic mass is 9.94. The zero-order chi connectivity index (χ0) is 19.1. The van der Waals surface area contributed by atoms with Crippen molar-refractivity contribution in [2.75, 3.05) is 39.8 Å². The van der Waals surface area contributed by atoms with Crippen LogP contribution in [0.3, 0.4) is 0 Å². The summed E-state index contributed by atoms with van der Waals surface area (Å²) in [6, 6.07) is 1.79. The van der Waals surface area contributed by atoms with E-state index in [4.69, 9.17) is 0 Å². The minimum Gasteiger partial charge on any atom is -0.355 e. The van der Waals surface area contributed by atoms with Crippen molar-refractivity contribution in [2.45, 2.75) is 78.4 Å². The Hall–Kier alpha value is -0.0800. The van der Waals surface area contributed by atoms with Gasteiger partial charge < -0.3 is 15.5 Å². The van der Waals surface area contributed by atoms with E-state index >= 15 is 0 Å². The number of rotatable bonds is 6. The smallest absolute Gasteiger partial charge is 0.191 e. The third-order valence-electron chi connectivity index (χ3n) is 6.36. The molecule has 5 nitrogen and oxygen atoms in total. The summed E-state index contributed by atoms with van der Waals surface area (Å²) in [4.78, 5) is 9.74. The number of aliphatic imine (C=N–C) groups is 1. The Morgan fingerprint density at radius 1 is 0.963 bits per heavy atom. The van der Waals surface area contributed by atoms with Crippen LogP contribution in [0.25, 0.3) is 0 Å². The van der Waals surface area contributed by atoms with Gasteiger partial charge in [0, 0.05) is 44.8 Å². The van der Waals surface area contributed by atoms with E-state index in [1.54, 1.807) is 0 Å². The first-order valence-electron chi connectivity index (χ1n) is 10.9. The fourth-order valence-corrected chi connectivity index (χ4v) is 4.30. The van der Waals surface area contributed by atoms with E-state index in [1.165, 1.54) is 51.9 Å². The number of piperidine rings is 2. The van der Waals surface area contributed by atoms with E-state index in [0.29, 0.717) is 24.0 Å². The topological polar surface area (TPSA) is 42.9 Å². The van der Waals surface area contributed by atoms with Crippen LogP contribution in [0.1, 0.15) is 60.3 Å². The normalized spacial score (nSPS) is 22.7. The van der Waals surface area contributed by atoms with Crippen molar-refractivity contribution in [3.05, 3.63) is 0 Å². The molecule has 0 aromatic carbocycles. The molecule has 0 saturated carbocycles. The number of hydrogen-bond donors (Lipinski definition) is 2. The van der Waals surface area contributed by atoms with Crippen molar-refractivity contribution in [1.82, 2.24) is 20.4 Å². The van der Waals surface area contributed by atoms with Crippen LogP contribution in [0.5, 0.6) is 0 Å². The zero-order valence-corrected chi connectivity index (χ0v) is 20.8. The minimum atomic E-state index is 0. The lowest BCUT2D eigenvalue weighted by molar-refractivity contribution is 0.110. The molecule has 2 aliphatic heterocycles. The van der Waals surface area contributed by atoms with Gasteiger partial charge >= 0.3 is 0 Å². The minimum absolute atomic E-state index is 0. The molecular formula is C21H44IN5. The van der Waals surface area contributed by atoms with Crippen molar-refractivity contribution in [3.63, 3.8) is 0 Å². The molecule has 160 valence electrons. The molecule has 1 atom stereocenters. The molecule has 1 unspecified atom stereocenters. The van der Waals surface area contributed by atoms with E-state index in [1.807, 2.05) is 7.05 Å². The van der Waals surface area contributed by atoms with E-state index in [9.17, 15) is 0 Å². The highest BCUT2D eigenvalue weighted by molar-refractivity contribution is 14.0. The molecule has 2 aliphatic rings. The van der Waals surface area contributed by atoms with Gasteiger partial charge in [-0.3, -0.25) is 9.89 Å². The standard InChI is InChI=1S/C21H43N5.HI/c1-16(2)20(26-11-7-18(5)8-12-26)15-23-21(22-6)24-19-9-13-25(14-10-19)17(3)4;/h16-20H,7-15H2,1-6H3,(H2,22,23,24);1H. The third-order valence-corrected chi connectivity index (χ3v) is 6.36. The number of guanidine groups is 1. The molecule has 2 heterocycles. The molecule has 0 bridgehead atoms. The quantitative estimate of drug-likeness (QED) is 0.338. The summed E-state index contributed by atoms with van der Waals surface area (Å²) < 4.78 is 0. The largest absolute Gasteiger partial charge is 0.355 e. The van der Waals surface area contributed by atoms with Crippen molar-refractivity contribution in [3.8, 4) is 0 Å². The zero-order valence-electron chi connectivity index (χ0n) is 18.5.